The van der Waals surface area contributed by atoms with Gasteiger partial charge in [-0.25, -0.2) is 4.98 Å². The van der Waals surface area contributed by atoms with Crippen molar-refractivity contribution < 1.29 is 13.9 Å². The first-order valence-corrected chi connectivity index (χ1v) is 9.04. The lowest BCUT2D eigenvalue weighted by Gasteiger charge is -1.97. The lowest BCUT2D eigenvalue weighted by atomic mass is 10.2. The van der Waals surface area contributed by atoms with Gasteiger partial charge in [0.25, 0.3) is 5.22 Å². The molecule has 3 aromatic heterocycles. The Balaban J connectivity index is 1.32. The van der Waals surface area contributed by atoms with Gasteiger partial charge in [0, 0.05) is 23.7 Å². The van der Waals surface area contributed by atoms with Crippen LogP contribution in [0.15, 0.2) is 52.4 Å². The highest BCUT2D eigenvalue weighted by molar-refractivity contribution is 7.98. The molecule has 1 aliphatic heterocycles. The molecule has 4 aromatic rings. The van der Waals surface area contributed by atoms with Crippen LogP contribution in [0, 0.1) is 6.92 Å². The molecule has 0 radical (unpaired) electrons. The van der Waals surface area contributed by atoms with Gasteiger partial charge in [-0.05, 0) is 36.8 Å². The van der Waals surface area contributed by atoms with Crippen molar-refractivity contribution in [1.29, 1.82) is 0 Å². The van der Waals surface area contributed by atoms with Gasteiger partial charge in [-0.1, -0.05) is 17.8 Å². The van der Waals surface area contributed by atoms with E-state index in [4.69, 9.17) is 13.9 Å². The first kappa shape index (κ1) is 15.3. The smallest absolute Gasteiger partial charge is 0.277 e. The third-order valence-corrected chi connectivity index (χ3v) is 4.87. The molecule has 0 aliphatic carbocycles. The van der Waals surface area contributed by atoms with E-state index < -0.39 is 0 Å². The fourth-order valence-corrected chi connectivity index (χ4v) is 3.42. The highest BCUT2D eigenvalue weighted by Gasteiger charge is 2.17. The molecule has 0 fully saturated rings. The lowest BCUT2D eigenvalue weighted by molar-refractivity contribution is 0.174. The van der Waals surface area contributed by atoms with Crippen molar-refractivity contribution in [3.05, 3.63) is 54.0 Å². The van der Waals surface area contributed by atoms with Gasteiger partial charge in [-0.2, -0.15) is 0 Å². The van der Waals surface area contributed by atoms with Crippen molar-refractivity contribution in [2.45, 2.75) is 17.9 Å². The molecule has 0 saturated carbocycles. The van der Waals surface area contributed by atoms with E-state index in [2.05, 4.69) is 34.4 Å². The van der Waals surface area contributed by atoms with Crippen LogP contribution in [0.3, 0.4) is 0 Å². The molecule has 7 nitrogen and oxygen atoms in total. The van der Waals surface area contributed by atoms with Gasteiger partial charge in [0.2, 0.25) is 12.7 Å². The summed E-state index contributed by atoms with van der Waals surface area (Å²) in [7, 11) is 0. The van der Waals surface area contributed by atoms with Crippen molar-refractivity contribution in [3.8, 4) is 23.0 Å². The number of pyridine rings is 1. The average Bonchev–Trinajstić information content (AvgIpc) is 3.37. The molecule has 26 heavy (non-hydrogen) atoms. The molecule has 0 spiro atoms. The van der Waals surface area contributed by atoms with Crippen LogP contribution in [0.25, 0.3) is 17.1 Å². The quantitative estimate of drug-likeness (QED) is 0.510. The van der Waals surface area contributed by atoms with Crippen molar-refractivity contribution in [2.24, 2.45) is 0 Å². The van der Waals surface area contributed by atoms with Gasteiger partial charge < -0.3 is 18.3 Å². The Labute approximate surface area is 153 Å². The van der Waals surface area contributed by atoms with Gasteiger partial charge in [0.15, 0.2) is 11.5 Å². The zero-order valence-electron chi connectivity index (χ0n) is 13.9. The van der Waals surface area contributed by atoms with E-state index in [1.165, 1.54) is 17.3 Å². The number of thioether (sulfide) groups is 1. The highest BCUT2D eigenvalue weighted by atomic mass is 32.2. The van der Waals surface area contributed by atoms with E-state index >= 15 is 0 Å². The van der Waals surface area contributed by atoms with Crippen molar-refractivity contribution in [2.75, 3.05) is 6.79 Å². The summed E-state index contributed by atoms with van der Waals surface area (Å²) in [6.45, 7) is 2.30. The predicted molar refractivity (Wildman–Crippen MR) is 95.3 cm³/mol. The molecule has 0 N–H and O–H groups in total. The van der Waals surface area contributed by atoms with Crippen LogP contribution in [0.4, 0.5) is 0 Å². The van der Waals surface area contributed by atoms with E-state index in [0.29, 0.717) is 22.6 Å². The van der Waals surface area contributed by atoms with Gasteiger partial charge in [-0.15, -0.1) is 10.2 Å². The zero-order chi connectivity index (χ0) is 17.5. The number of fused-ring (bicyclic) bond motifs is 2. The van der Waals surface area contributed by atoms with E-state index in [1.54, 1.807) is 0 Å². The molecule has 0 amide bonds. The van der Waals surface area contributed by atoms with Gasteiger partial charge in [0.1, 0.15) is 5.65 Å². The number of aryl methyl sites for hydroxylation is 1. The van der Waals surface area contributed by atoms with E-state index in [9.17, 15) is 0 Å². The minimum Gasteiger partial charge on any atom is -0.454 e. The van der Waals surface area contributed by atoms with E-state index in [1.807, 2.05) is 34.9 Å². The molecule has 5 rings (SSSR count). The molecular weight excluding hydrogens is 352 g/mol. The minimum absolute atomic E-state index is 0.238. The van der Waals surface area contributed by atoms with Crippen LogP contribution in [-0.2, 0) is 5.75 Å². The van der Waals surface area contributed by atoms with Crippen LogP contribution in [0.5, 0.6) is 11.5 Å². The van der Waals surface area contributed by atoms with E-state index in [-0.39, 0.29) is 6.79 Å². The number of ether oxygens (including phenoxy) is 2. The summed E-state index contributed by atoms with van der Waals surface area (Å²) in [5.41, 5.74) is 3.89. The van der Waals surface area contributed by atoms with Crippen LogP contribution in [0.2, 0.25) is 0 Å². The normalized spacial score (nSPS) is 12.8. The number of nitrogens with zero attached hydrogens (tertiary/aromatic N) is 4. The van der Waals surface area contributed by atoms with Crippen LogP contribution in [-0.4, -0.2) is 26.4 Å². The second-order valence-electron chi connectivity index (χ2n) is 5.93. The maximum Gasteiger partial charge on any atom is 0.277 e. The first-order chi connectivity index (χ1) is 12.7. The topological polar surface area (TPSA) is 74.7 Å². The SMILES string of the molecule is Cc1ccc2nc(CSc3nnc(-c4ccc5c(c4)OCO5)o3)cn2c1. The molecule has 0 bridgehead atoms. The third kappa shape index (κ3) is 2.78. The Kier molecular flexibility index (Phi) is 3.56. The predicted octanol–water partition coefficient (Wildman–Crippen LogP) is 3.71. The summed E-state index contributed by atoms with van der Waals surface area (Å²) in [5, 5.41) is 8.73. The molecular formula is C18H14N4O3S. The molecule has 0 atom stereocenters. The summed E-state index contributed by atoms with van der Waals surface area (Å²) >= 11 is 1.46. The van der Waals surface area contributed by atoms with Crippen LogP contribution < -0.4 is 9.47 Å². The Morgan fingerprint density at radius 2 is 2.00 bits per heavy atom. The number of aromatic nitrogens is 4. The van der Waals surface area contributed by atoms with Gasteiger partial charge >= 0.3 is 0 Å². The fraction of sp³-hybridized carbons (Fsp3) is 0.167. The highest BCUT2D eigenvalue weighted by Crippen LogP contribution is 2.36. The van der Waals surface area contributed by atoms with Crippen molar-refractivity contribution in [1.82, 2.24) is 19.6 Å². The maximum absolute atomic E-state index is 5.75. The van der Waals surface area contributed by atoms with Crippen molar-refractivity contribution >= 4 is 17.4 Å². The Morgan fingerprint density at radius 1 is 1.08 bits per heavy atom. The summed E-state index contributed by atoms with van der Waals surface area (Å²) in [6, 6.07) is 9.62. The van der Waals surface area contributed by atoms with Crippen molar-refractivity contribution in [3.63, 3.8) is 0 Å². The summed E-state index contributed by atoms with van der Waals surface area (Å²) in [6.07, 6.45) is 4.07. The number of rotatable bonds is 4. The standard InChI is InChI=1S/C18H14N4O3S/c1-11-2-5-16-19-13(8-22(16)7-11)9-26-18-21-20-17(25-18)12-3-4-14-15(6-12)24-10-23-14/h2-8H,9-10H2,1H3. The third-order valence-electron chi connectivity index (χ3n) is 4.02. The van der Waals surface area contributed by atoms with E-state index in [0.717, 1.165) is 22.7 Å². The summed E-state index contributed by atoms with van der Waals surface area (Å²) in [5.74, 6) is 2.53. The maximum atomic E-state index is 5.75. The molecule has 0 saturated heterocycles. The zero-order valence-corrected chi connectivity index (χ0v) is 14.7. The average molecular weight is 366 g/mol. The molecule has 4 heterocycles. The second kappa shape index (κ2) is 6.06. The molecule has 130 valence electrons. The van der Waals surface area contributed by atoms with Gasteiger partial charge in [0.05, 0.1) is 5.69 Å². The van der Waals surface area contributed by atoms with Crippen LogP contribution >= 0.6 is 11.8 Å². The molecule has 1 aromatic carbocycles. The minimum atomic E-state index is 0.238. The Morgan fingerprint density at radius 3 is 2.96 bits per heavy atom. The lowest BCUT2D eigenvalue weighted by Crippen LogP contribution is -1.92. The first-order valence-electron chi connectivity index (χ1n) is 8.05. The molecule has 1 aliphatic rings. The summed E-state index contributed by atoms with van der Waals surface area (Å²) in [4.78, 5) is 4.60. The molecule has 0 unspecified atom stereocenters. The van der Waals surface area contributed by atoms with Crippen LogP contribution in [0.1, 0.15) is 11.3 Å². The Bertz CT molecular complexity index is 1100. The monoisotopic (exact) mass is 366 g/mol. The number of hydrogen-bond acceptors (Lipinski definition) is 7. The number of imidazole rings is 1. The fourth-order valence-electron chi connectivity index (χ4n) is 2.78. The second-order valence-corrected chi connectivity index (χ2v) is 6.86. The number of hydrogen-bond donors (Lipinski definition) is 0. The Hall–Kier alpha value is -3.00. The summed E-state index contributed by atoms with van der Waals surface area (Å²) < 4.78 is 18.5. The molecule has 8 heteroatoms. The largest absolute Gasteiger partial charge is 0.454 e. The van der Waals surface area contributed by atoms with Gasteiger partial charge in [-0.3, -0.25) is 0 Å². The number of benzene rings is 1.